The molecule has 52 heavy (non-hydrogen) atoms. The standard InChI is InChI=1S/C41H44F3N5O3/c1-2-52-37-5-3-4-31(19-37)33-24-46-49(25-33)36-18-32(17-34(20-36)41(42,43)44)39(51)48-12-10-47(11-13-48)35-8-6-30(7-9-35)38(50)45-26-40-21-27-14-28(22-40)16-29(15-27)23-40/h3-9,17-20,24-25,27-29H,2,10-16,21-23,26H2,1H3,(H,45,50). The fourth-order valence-corrected chi connectivity index (χ4v) is 9.63. The average molecular weight is 712 g/mol. The molecule has 4 bridgehead atoms. The number of alkyl halides is 3. The third-order valence-corrected chi connectivity index (χ3v) is 11.7. The van der Waals surface area contributed by atoms with Gasteiger partial charge in [-0.1, -0.05) is 12.1 Å². The second-order valence-electron chi connectivity index (χ2n) is 15.3. The molecule has 272 valence electrons. The topological polar surface area (TPSA) is 79.7 Å². The number of nitrogens with one attached hydrogen (secondary N) is 1. The Morgan fingerprint density at radius 3 is 2.19 bits per heavy atom. The van der Waals surface area contributed by atoms with Crippen LogP contribution in [0, 0.1) is 23.2 Å². The number of amides is 2. The average Bonchev–Trinajstić information content (AvgIpc) is 3.64. The molecule has 5 aliphatic rings. The van der Waals surface area contributed by atoms with Crippen LogP contribution >= 0.6 is 0 Å². The molecule has 0 spiro atoms. The molecule has 2 amide bonds. The summed E-state index contributed by atoms with van der Waals surface area (Å²) >= 11 is 0. The van der Waals surface area contributed by atoms with Crippen LogP contribution in [0.5, 0.6) is 5.75 Å². The molecule has 2 heterocycles. The number of rotatable bonds is 9. The van der Waals surface area contributed by atoms with Crippen molar-refractivity contribution in [1.82, 2.24) is 20.0 Å². The van der Waals surface area contributed by atoms with Gasteiger partial charge in [-0.15, -0.1) is 0 Å². The van der Waals surface area contributed by atoms with Gasteiger partial charge in [0.05, 0.1) is 24.1 Å². The zero-order chi connectivity index (χ0) is 36.0. The van der Waals surface area contributed by atoms with E-state index in [4.69, 9.17) is 4.74 Å². The highest BCUT2D eigenvalue weighted by atomic mass is 19.4. The first-order valence-electron chi connectivity index (χ1n) is 18.5. The molecular formula is C41H44F3N5O3. The van der Waals surface area contributed by atoms with E-state index in [2.05, 4.69) is 15.3 Å². The zero-order valence-corrected chi connectivity index (χ0v) is 29.4. The van der Waals surface area contributed by atoms with E-state index in [9.17, 15) is 22.8 Å². The highest BCUT2D eigenvalue weighted by molar-refractivity contribution is 5.95. The number of hydrogen-bond donors (Lipinski definition) is 1. The fourth-order valence-electron chi connectivity index (χ4n) is 9.63. The molecule has 0 unspecified atom stereocenters. The van der Waals surface area contributed by atoms with Crippen molar-refractivity contribution in [3.05, 3.63) is 95.8 Å². The highest BCUT2D eigenvalue weighted by Crippen LogP contribution is 2.59. The number of anilines is 1. The molecule has 1 aromatic heterocycles. The van der Waals surface area contributed by atoms with Crippen molar-refractivity contribution in [3.8, 4) is 22.6 Å². The Kier molecular flexibility index (Phi) is 8.99. The van der Waals surface area contributed by atoms with Crippen molar-refractivity contribution in [2.75, 3.05) is 44.2 Å². The third-order valence-electron chi connectivity index (χ3n) is 11.7. The maximum atomic E-state index is 14.1. The lowest BCUT2D eigenvalue weighted by Crippen LogP contribution is -2.51. The Bertz CT molecular complexity index is 1910. The van der Waals surface area contributed by atoms with Crippen LogP contribution in [-0.4, -0.2) is 65.8 Å². The molecule has 8 nitrogen and oxygen atoms in total. The molecule has 3 aromatic carbocycles. The van der Waals surface area contributed by atoms with Gasteiger partial charge in [-0.05, 0) is 129 Å². The van der Waals surface area contributed by atoms with Crippen molar-refractivity contribution in [2.24, 2.45) is 23.2 Å². The summed E-state index contributed by atoms with van der Waals surface area (Å²) in [7, 11) is 0. The van der Waals surface area contributed by atoms with Crippen LogP contribution in [0.2, 0.25) is 0 Å². The maximum absolute atomic E-state index is 14.1. The zero-order valence-electron chi connectivity index (χ0n) is 29.4. The van der Waals surface area contributed by atoms with Gasteiger partial charge in [0.25, 0.3) is 11.8 Å². The van der Waals surface area contributed by atoms with Gasteiger partial charge in [0.15, 0.2) is 0 Å². The molecule has 1 N–H and O–H groups in total. The summed E-state index contributed by atoms with van der Waals surface area (Å²) in [6, 6.07) is 18.4. The third kappa shape index (κ3) is 7.01. The van der Waals surface area contributed by atoms with Gasteiger partial charge >= 0.3 is 6.18 Å². The van der Waals surface area contributed by atoms with Gasteiger partial charge in [-0.3, -0.25) is 9.59 Å². The quantitative estimate of drug-likeness (QED) is 0.191. The summed E-state index contributed by atoms with van der Waals surface area (Å²) in [5.74, 6) is 2.70. The van der Waals surface area contributed by atoms with E-state index in [0.29, 0.717) is 49.7 Å². The lowest BCUT2D eigenvalue weighted by Gasteiger charge is -2.56. The van der Waals surface area contributed by atoms with Crippen LogP contribution in [0.3, 0.4) is 0 Å². The van der Waals surface area contributed by atoms with Crippen molar-refractivity contribution in [2.45, 2.75) is 51.6 Å². The molecule has 4 saturated carbocycles. The molecule has 0 radical (unpaired) electrons. The number of piperazine rings is 1. The number of benzene rings is 3. The molecule has 4 aromatic rings. The number of hydrogen-bond acceptors (Lipinski definition) is 5. The Morgan fingerprint density at radius 2 is 1.54 bits per heavy atom. The van der Waals surface area contributed by atoms with E-state index in [1.165, 1.54) is 49.3 Å². The van der Waals surface area contributed by atoms with E-state index >= 15 is 0 Å². The van der Waals surface area contributed by atoms with E-state index in [-0.39, 0.29) is 22.6 Å². The minimum atomic E-state index is -4.65. The first-order chi connectivity index (χ1) is 25.0. The minimum absolute atomic E-state index is 0.0414. The maximum Gasteiger partial charge on any atom is 0.416 e. The van der Waals surface area contributed by atoms with E-state index in [1.54, 1.807) is 17.3 Å². The molecule has 11 heteroatoms. The summed E-state index contributed by atoms with van der Waals surface area (Å²) in [5, 5.41) is 7.59. The van der Waals surface area contributed by atoms with Crippen LogP contribution in [0.1, 0.15) is 71.7 Å². The van der Waals surface area contributed by atoms with Gasteiger partial charge in [-0.2, -0.15) is 18.3 Å². The second kappa shape index (κ2) is 13.6. The minimum Gasteiger partial charge on any atom is -0.494 e. The fraction of sp³-hybridized carbons (Fsp3) is 0.439. The number of nitrogens with zero attached hydrogens (tertiary/aromatic N) is 4. The Labute approximate surface area is 301 Å². The van der Waals surface area contributed by atoms with Crippen molar-refractivity contribution in [1.29, 1.82) is 0 Å². The summed E-state index contributed by atoms with van der Waals surface area (Å²) in [5.41, 5.74) is 2.54. The summed E-state index contributed by atoms with van der Waals surface area (Å²) in [6.45, 7) is 4.87. The monoisotopic (exact) mass is 711 g/mol. The molecule has 9 rings (SSSR count). The van der Waals surface area contributed by atoms with Gasteiger partial charge in [-0.25, -0.2) is 4.68 Å². The van der Waals surface area contributed by atoms with Crippen LogP contribution < -0.4 is 15.0 Å². The van der Waals surface area contributed by atoms with Crippen LogP contribution in [-0.2, 0) is 6.18 Å². The van der Waals surface area contributed by atoms with Gasteiger partial charge < -0.3 is 19.9 Å². The number of carbonyl (C=O) groups excluding carboxylic acids is 2. The first-order valence-corrected chi connectivity index (χ1v) is 18.5. The van der Waals surface area contributed by atoms with E-state index in [0.717, 1.165) is 47.7 Å². The summed E-state index contributed by atoms with van der Waals surface area (Å²) in [4.78, 5) is 30.5. The second-order valence-corrected chi connectivity index (χ2v) is 15.3. The molecule has 4 aliphatic carbocycles. The molecule has 1 aliphatic heterocycles. The summed E-state index contributed by atoms with van der Waals surface area (Å²) < 4.78 is 49.1. The predicted molar refractivity (Wildman–Crippen MR) is 193 cm³/mol. The number of aromatic nitrogens is 2. The van der Waals surface area contributed by atoms with Crippen molar-refractivity contribution < 1.29 is 27.5 Å². The number of halogens is 3. The Morgan fingerprint density at radius 1 is 0.846 bits per heavy atom. The van der Waals surface area contributed by atoms with Crippen LogP contribution in [0.25, 0.3) is 16.8 Å². The lowest BCUT2D eigenvalue weighted by molar-refractivity contribution is -0.137. The van der Waals surface area contributed by atoms with Gasteiger partial charge in [0, 0.05) is 61.3 Å². The van der Waals surface area contributed by atoms with Crippen molar-refractivity contribution in [3.63, 3.8) is 0 Å². The Hall–Kier alpha value is -4.80. The normalized spacial score (nSPS) is 23.9. The SMILES string of the molecule is CCOc1cccc(-c2cnn(-c3cc(C(=O)N4CCN(c5ccc(C(=O)NCC67CC8CC(CC(C8)C6)C7)cc5)CC4)cc(C(F)(F)F)c3)c2)c1. The summed E-state index contributed by atoms with van der Waals surface area (Å²) in [6.07, 6.45) is 6.45. The van der Waals surface area contributed by atoms with E-state index in [1.807, 2.05) is 55.5 Å². The van der Waals surface area contributed by atoms with E-state index < -0.39 is 17.6 Å². The largest absolute Gasteiger partial charge is 0.494 e. The predicted octanol–water partition coefficient (Wildman–Crippen LogP) is 7.87. The first kappa shape index (κ1) is 34.3. The van der Waals surface area contributed by atoms with Crippen LogP contribution in [0.4, 0.5) is 18.9 Å². The highest BCUT2D eigenvalue weighted by Gasteiger charge is 2.50. The van der Waals surface area contributed by atoms with Gasteiger partial charge in [0.2, 0.25) is 0 Å². The van der Waals surface area contributed by atoms with Gasteiger partial charge in [0.1, 0.15) is 5.75 Å². The molecule has 1 saturated heterocycles. The molecule has 0 atom stereocenters. The molecule has 5 fully saturated rings. The smallest absolute Gasteiger partial charge is 0.416 e. The number of ether oxygens (including phenoxy) is 1. The van der Waals surface area contributed by atoms with Crippen LogP contribution in [0.15, 0.2) is 79.1 Å². The lowest BCUT2D eigenvalue weighted by atomic mass is 9.49. The number of carbonyl (C=O) groups is 2. The van der Waals surface area contributed by atoms with Crippen molar-refractivity contribution >= 4 is 17.5 Å². The molecular weight excluding hydrogens is 667 g/mol. The Balaban J connectivity index is 0.907.